The monoisotopic (exact) mass is 261 g/mol. The maximum atomic E-state index is 10.6. The molecular formula is C14H12ClNO2. The van der Waals surface area contributed by atoms with E-state index in [9.17, 15) is 4.79 Å². The van der Waals surface area contributed by atoms with Gasteiger partial charge in [0.1, 0.15) is 6.54 Å². The van der Waals surface area contributed by atoms with Crippen LogP contribution < -0.4 is 5.32 Å². The Hall–Kier alpha value is -2.00. The van der Waals surface area contributed by atoms with Gasteiger partial charge in [0.25, 0.3) is 0 Å². The van der Waals surface area contributed by atoms with E-state index < -0.39 is 5.97 Å². The summed E-state index contributed by atoms with van der Waals surface area (Å²) >= 11 is 5.85. The normalized spacial score (nSPS) is 10.1. The highest BCUT2D eigenvalue weighted by Crippen LogP contribution is 2.28. The Labute approximate surface area is 110 Å². The molecule has 2 rings (SSSR count). The minimum atomic E-state index is -0.888. The van der Waals surface area contributed by atoms with E-state index in [1.54, 1.807) is 0 Å². The molecule has 0 fully saturated rings. The molecule has 2 N–H and O–H groups in total. The van der Waals surface area contributed by atoms with E-state index in [4.69, 9.17) is 16.7 Å². The van der Waals surface area contributed by atoms with Crippen LogP contribution in [0.4, 0.5) is 5.69 Å². The second-order valence-corrected chi connectivity index (χ2v) is 4.24. The van der Waals surface area contributed by atoms with Crippen LogP contribution >= 0.6 is 11.6 Å². The summed E-state index contributed by atoms with van der Waals surface area (Å²) in [4.78, 5) is 10.6. The number of rotatable bonds is 4. The van der Waals surface area contributed by atoms with E-state index in [2.05, 4.69) is 5.32 Å². The second-order valence-electron chi connectivity index (χ2n) is 3.80. The zero-order chi connectivity index (χ0) is 13.0. The third-order valence-electron chi connectivity index (χ3n) is 2.51. The van der Waals surface area contributed by atoms with Gasteiger partial charge >= 0.3 is 5.97 Å². The van der Waals surface area contributed by atoms with Crippen LogP contribution in [0, 0.1) is 0 Å². The lowest BCUT2D eigenvalue weighted by Crippen LogP contribution is -2.12. The quantitative estimate of drug-likeness (QED) is 0.886. The maximum absolute atomic E-state index is 10.6. The lowest BCUT2D eigenvalue weighted by Gasteiger charge is -2.10. The predicted octanol–water partition coefficient (Wildman–Crippen LogP) is 3.50. The number of anilines is 1. The second kappa shape index (κ2) is 5.56. The number of carboxylic acid groups (broad SMARTS) is 1. The van der Waals surface area contributed by atoms with Crippen LogP contribution in [-0.4, -0.2) is 17.6 Å². The van der Waals surface area contributed by atoms with Crippen molar-refractivity contribution in [1.29, 1.82) is 0 Å². The molecule has 0 spiro atoms. The summed E-state index contributed by atoms with van der Waals surface area (Å²) in [5.41, 5.74) is 2.74. The van der Waals surface area contributed by atoms with Gasteiger partial charge in [-0.05, 0) is 23.8 Å². The molecule has 0 amide bonds. The topological polar surface area (TPSA) is 49.3 Å². The number of carboxylic acids is 1. The lowest BCUT2D eigenvalue weighted by atomic mass is 10.0. The number of aliphatic carboxylic acids is 1. The van der Waals surface area contributed by atoms with Gasteiger partial charge in [0.15, 0.2) is 0 Å². The highest BCUT2D eigenvalue weighted by molar-refractivity contribution is 6.30. The highest BCUT2D eigenvalue weighted by Gasteiger charge is 2.05. The number of hydrogen-bond donors (Lipinski definition) is 2. The summed E-state index contributed by atoms with van der Waals surface area (Å²) in [5, 5.41) is 12.3. The molecule has 3 nitrogen and oxygen atoms in total. The number of benzene rings is 2. The molecule has 0 aliphatic rings. The molecule has 0 atom stereocenters. The van der Waals surface area contributed by atoms with Gasteiger partial charge in [-0.3, -0.25) is 4.79 Å². The van der Waals surface area contributed by atoms with Crippen molar-refractivity contribution < 1.29 is 9.90 Å². The van der Waals surface area contributed by atoms with Crippen LogP contribution in [0.1, 0.15) is 0 Å². The zero-order valence-corrected chi connectivity index (χ0v) is 10.3. The zero-order valence-electron chi connectivity index (χ0n) is 9.56. The largest absolute Gasteiger partial charge is 0.480 e. The fourth-order valence-electron chi connectivity index (χ4n) is 1.69. The van der Waals surface area contributed by atoms with Gasteiger partial charge in [0, 0.05) is 16.3 Å². The number of hydrogen-bond acceptors (Lipinski definition) is 2. The van der Waals surface area contributed by atoms with E-state index in [0.29, 0.717) is 5.02 Å². The summed E-state index contributed by atoms with van der Waals surface area (Å²) in [6, 6.07) is 15.0. The van der Waals surface area contributed by atoms with Crippen LogP contribution in [0.25, 0.3) is 11.1 Å². The van der Waals surface area contributed by atoms with Crippen molar-refractivity contribution in [2.45, 2.75) is 0 Å². The molecule has 0 unspecified atom stereocenters. The van der Waals surface area contributed by atoms with Crippen molar-refractivity contribution >= 4 is 23.3 Å². The predicted molar refractivity (Wildman–Crippen MR) is 73.0 cm³/mol. The maximum Gasteiger partial charge on any atom is 0.322 e. The lowest BCUT2D eigenvalue weighted by molar-refractivity contribution is -0.134. The molecule has 0 aliphatic carbocycles. The van der Waals surface area contributed by atoms with Crippen molar-refractivity contribution in [1.82, 2.24) is 0 Å². The summed E-state index contributed by atoms with van der Waals surface area (Å²) in [6.07, 6.45) is 0. The first kappa shape index (κ1) is 12.5. The van der Waals surface area contributed by atoms with Crippen molar-refractivity contribution in [3.05, 3.63) is 53.6 Å². The van der Waals surface area contributed by atoms with Crippen LogP contribution in [0.2, 0.25) is 5.02 Å². The first-order valence-corrected chi connectivity index (χ1v) is 5.85. The van der Waals surface area contributed by atoms with E-state index in [1.807, 2.05) is 48.5 Å². The third-order valence-corrected chi connectivity index (χ3v) is 2.76. The average Bonchev–Trinajstić information content (AvgIpc) is 2.38. The average molecular weight is 262 g/mol. The number of carbonyl (C=O) groups is 1. The SMILES string of the molecule is O=C(O)CNc1ccccc1-c1ccc(Cl)cc1. The Morgan fingerprint density at radius 2 is 1.78 bits per heavy atom. The third kappa shape index (κ3) is 3.02. The molecule has 0 saturated carbocycles. The van der Waals surface area contributed by atoms with Crippen molar-refractivity contribution in [2.24, 2.45) is 0 Å². The van der Waals surface area contributed by atoms with Gasteiger partial charge in [-0.15, -0.1) is 0 Å². The van der Waals surface area contributed by atoms with Crippen molar-refractivity contribution in [3.63, 3.8) is 0 Å². The van der Waals surface area contributed by atoms with Gasteiger partial charge in [0.2, 0.25) is 0 Å². The smallest absolute Gasteiger partial charge is 0.322 e. The summed E-state index contributed by atoms with van der Waals surface area (Å²) in [6.45, 7) is -0.107. The highest BCUT2D eigenvalue weighted by atomic mass is 35.5. The van der Waals surface area contributed by atoms with Gasteiger partial charge in [-0.2, -0.15) is 0 Å². The Morgan fingerprint density at radius 1 is 1.11 bits per heavy atom. The molecule has 2 aromatic rings. The minimum Gasteiger partial charge on any atom is -0.480 e. The summed E-state index contributed by atoms with van der Waals surface area (Å²) in [7, 11) is 0. The van der Waals surface area contributed by atoms with Crippen LogP contribution in [0.15, 0.2) is 48.5 Å². The number of halogens is 1. The summed E-state index contributed by atoms with van der Waals surface area (Å²) in [5.74, 6) is -0.888. The van der Waals surface area contributed by atoms with Crippen molar-refractivity contribution in [2.75, 3.05) is 11.9 Å². The molecule has 0 radical (unpaired) electrons. The van der Waals surface area contributed by atoms with Crippen LogP contribution in [0.3, 0.4) is 0 Å². The van der Waals surface area contributed by atoms with E-state index in [1.165, 1.54) is 0 Å². The molecule has 4 heteroatoms. The molecule has 0 heterocycles. The number of nitrogens with one attached hydrogen (secondary N) is 1. The van der Waals surface area contributed by atoms with E-state index >= 15 is 0 Å². The number of para-hydroxylation sites is 1. The van der Waals surface area contributed by atoms with Gasteiger partial charge < -0.3 is 10.4 Å². The molecule has 2 aromatic carbocycles. The molecule has 0 aliphatic heterocycles. The van der Waals surface area contributed by atoms with Crippen LogP contribution in [-0.2, 0) is 4.79 Å². The van der Waals surface area contributed by atoms with Gasteiger partial charge in [0.05, 0.1) is 0 Å². The first-order valence-electron chi connectivity index (χ1n) is 5.47. The first-order chi connectivity index (χ1) is 8.66. The molecule has 18 heavy (non-hydrogen) atoms. The van der Waals surface area contributed by atoms with Gasteiger partial charge in [-0.25, -0.2) is 0 Å². The molecular weight excluding hydrogens is 250 g/mol. The Morgan fingerprint density at radius 3 is 2.44 bits per heavy atom. The molecule has 0 aromatic heterocycles. The molecule has 0 bridgehead atoms. The molecule has 92 valence electrons. The Balaban J connectivity index is 2.32. The fraction of sp³-hybridized carbons (Fsp3) is 0.0714. The van der Waals surface area contributed by atoms with Gasteiger partial charge in [-0.1, -0.05) is 41.9 Å². The van der Waals surface area contributed by atoms with Crippen LogP contribution in [0.5, 0.6) is 0 Å². The fourth-order valence-corrected chi connectivity index (χ4v) is 1.82. The Bertz CT molecular complexity index is 552. The van der Waals surface area contributed by atoms with Crippen molar-refractivity contribution in [3.8, 4) is 11.1 Å². The van der Waals surface area contributed by atoms with E-state index in [-0.39, 0.29) is 6.54 Å². The summed E-state index contributed by atoms with van der Waals surface area (Å²) < 4.78 is 0. The molecule has 0 saturated heterocycles. The van der Waals surface area contributed by atoms with E-state index in [0.717, 1.165) is 16.8 Å². The minimum absolute atomic E-state index is 0.107. The standard InChI is InChI=1S/C14H12ClNO2/c15-11-7-5-10(6-8-11)12-3-1-2-4-13(12)16-9-14(17)18/h1-8,16H,9H2,(H,17,18). The Kier molecular flexibility index (Phi) is 3.85.